The van der Waals surface area contributed by atoms with E-state index in [1.807, 2.05) is 30.3 Å². The van der Waals surface area contributed by atoms with Crippen LogP contribution >= 0.6 is 0 Å². The molecular weight excluding hydrogens is 255 g/mol. The number of nitrogens with zero attached hydrogens (tertiary/aromatic N) is 1. The van der Waals surface area contributed by atoms with E-state index in [0.29, 0.717) is 0 Å². The number of anilines is 1. The maximum absolute atomic E-state index is 8.41. The fraction of sp³-hybridized carbons (Fsp3) is 0. The van der Waals surface area contributed by atoms with Gasteiger partial charge in [0.05, 0.1) is 10.8 Å². The van der Waals surface area contributed by atoms with Gasteiger partial charge < -0.3 is 24.9 Å². The third-order valence-electron chi connectivity index (χ3n) is 0.800. The first kappa shape index (κ1) is 20.8. The summed E-state index contributed by atoms with van der Waals surface area (Å²) in [6.07, 6.45) is 0. The first-order valence-electron chi connectivity index (χ1n) is 3.23. The molecule has 3 N–H and O–H groups in total. The Morgan fingerprint density at radius 3 is 1.56 bits per heavy atom. The summed E-state index contributed by atoms with van der Waals surface area (Å²) < 4.78 is 25.2. The summed E-state index contributed by atoms with van der Waals surface area (Å²) in [6, 6.07) is 9.49. The predicted octanol–water partition coefficient (Wildman–Crippen LogP) is -5.64. The van der Waals surface area contributed by atoms with Gasteiger partial charge in [0.15, 0.2) is 0 Å². The summed E-state index contributed by atoms with van der Waals surface area (Å²) in [5.41, 5.74) is 6.18. The average Bonchev–Trinajstić information content (AvgIpc) is 2.03. The molecule has 0 bridgehead atoms. The van der Waals surface area contributed by atoms with Gasteiger partial charge in [-0.1, -0.05) is 18.2 Å². The molecule has 0 heterocycles. The van der Waals surface area contributed by atoms with Gasteiger partial charge >= 0.3 is 29.6 Å². The molecule has 16 heavy (non-hydrogen) atoms. The average molecular weight is 263 g/mol. The molecule has 0 aliphatic carbocycles. The minimum Gasteiger partial charge on any atom is -0.399 e. The zero-order chi connectivity index (χ0) is 12.3. The van der Waals surface area contributed by atoms with E-state index in [2.05, 4.69) is 0 Å². The molecule has 1 aromatic rings. The van der Waals surface area contributed by atoms with Crippen LogP contribution in [0, 0.1) is 20.9 Å². The van der Waals surface area contributed by atoms with Gasteiger partial charge in [-0.25, -0.2) is 0 Å². The molecule has 0 fully saturated rings. The number of hydrogen-bond acceptors (Lipinski definition) is 6. The molecule has 10 heteroatoms. The third-order valence-corrected chi connectivity index (χ3v) is 0.800. The summed E-state index contributed by atoms with van der Waals surface area (Å²) in [6.45, 7) is 0. The van der Waals surface area contributed by atoms with E-state index in [4.69, 9.17) is 35.0 Å². The summed E-state index contributed by atoms with van der Waals surface area (Å²) in [4.78, 5) is 8.36. The summed E-state index contributed by atoms with van der Waals surface area (Å²) in [5, 5.41) is 13.6. The number of halogens is 1. The normalized spacial score (nSPS) is 7.50. The molecule has 0 saturated carbocycles. The van der Waals surface area contributed by atoms with E-state index in [-0.39, 0.29) is 29.6 Å². The van der Waals surface area contributed by atoms with Crippen LogP contribution in [0.25, 0.3) is 0 Å². The molecule has 0 aromatic heterocycles. The van der Waals surface area contributed by atoms with Crippen molar-refractivity contribution in [2.75, 3.05) is 5.73 Å². The Labute approximate surface area is 116 Å². The van der Waals surface area contributed by atoms with E-state index in [1.165, 1.54) is 0 Å². The number of nitrogen functional groups attached to an aromatic ring is 1. The predicted molar refractivity (Wildman–Crippen MR) is 39.6 cm³/mol. The molecule has 0 aliphatic heterocycles. The molecule has 8 nitrogen and oxygen atoms in total. The van der Waals surface area contributed by atoms with Crippen molar-refractivity contribution in [3.8, 4) is 0 Å². The Morgan fingerprint density at radius 1 is 1.19 bits per heavy atom. The van der Waals surface area contributed by atoms with E-state index in [9.17, 15) is 0 Å². The maximum Gasteiger partial charge on any atom is 1.00 e. The minimum atomic E-state index is -2.85. The number of nitrogens with two attached hydrogens (primary N) is 1. The Kier molecular flexibility index (Phi) is 18.7. The first-order valence-corrected chi connectivity index (χ1v) is 4.15. The monoisotopic (exact) mass is 262 g/mol. The SMILES string of the molecule is Nc1ccccc1.O=[N+]([O-])O.[Na+].[O-][Cl+2]([O-])[O-]. The zero-order valence-electron chi connectivity index (χ0n) is 8.28. The smallest absolute Gasteiger partial charge is 0.399 e. The topological polar surface area (TPSA) is 159 Å². The van der Waals surface area contributed by atoms with Crippen molar-refractivity contribution >= 4 is 5.69 Å². The van der Waals surface area contributed by atoms with Crippen molar-refractivity contribution in [1.82, 2.24) is 0 Å². The Balaban J connectivity index is -0.000000166. The summed E-state index contributed by atoms with van der Waals surface area (Å²) in [7, 11) is -2.85. The standard InChI is InChI=1S/C6H7N.ClO3.HNO3.Na/c7-6-4-2-1-3-5-6;2*2-1(3)4;/h1-5H,7H2;;(H,2,3,4);/q;-1;;+1. The van der Waals surface area contributed by atoms with Crippen LogP contribution in [0.2, 0.25) is 0 Å². The summed E-state index contributed by atoms with van der Waals surface area (Å²) >= 11 is 0. The molecule has 0 saturated heterocycles. The molecule has 0 radical (unpaired) electrons. The van der Waals surface area contributed by atoms with Crippen LogP contribution in [-0.2, 0) is 0 Å². The van der Waals surface area contributed by atoms with Gasteiger partial charge in [0.2, 0.25) is 0 Å². The van der Waals surface area contributed by atoms with Gasteiger partial charge in [-0.2, -0.15) is 0 Å². The van der Waals surface area contributed by atoms with E-state index in [1.54, 1.807) is 0 Å². The fourth-order valence-corrected chi connectivity index (χ4v) is 0.453. The van der Waals surface area contributed by atoms with Crippen LogP contribution in [0.15, 0.2) is 30.3 Å². The van der Waals surface area contributed by atoms with Crippen LogP contribution in [-0.4, -0.2) is 10.3 Å². The molecule has 0 amide bonds. The second kappa shape index (κ2) is 14.4. The van der Waals surface area contributed by atoms with Crippen molar-refractivity contribution in [1.29, 1.82) is 0 Å². The van der Waals surface area contributed by atoms with Crippen molar-refractivity contribution in [3.05, 3.63) is 40.4 Å². The van der Waals surface area contributed by atoms with Gasteiger partial charge in [-0.3, -0.25) is 0 Å². The number of rotatable bonds is 0. The number of hydrogen-bond donors (Lipinski definition) is 2. The molecule has 0 aliphatic rings. The Morgan fingerprint density at radius 2 is 1.44 bits per heavy atom. The van der Waals surface area contributed by atoms with Crippen LogP contribution < -0.4 is 49.3 Å². The number of benzene rings is 1. The van der Waals surface area contributed by atoms with E-state index in [0.717, 1.165) is 5.69 Å². The second-order valence-electron chi connectivity index (χ2n) is 1.84. The third kappa shape index (κ3) is 37.6. The van der Waals surface area contributed by atoms with Crippen molar-refractivity contribution < 1.29 is 64.6 Å². The number of para-hydroxylation sites is 1. The molecule has 0 spiro atoms. The van der Waals surface area contributed by atoms with Crippen LogP contribution in [0.1, 0.15) is 0 Å². The van der Waals surface area contributed by atoms with Crippen molar-refractivity contribution in [2.24, 2.45) is 0 Å². The van der Waals surface area contributed by atoms with Gasteiger partial charge in [-0.05, 0) is 12.1 Å². The van der Waals surface area contributed by atoms with Gasteiger partial charge in [0.1, 0.15) is 0 Å². The molecule has 1 aromatic carbocycles. The zero-order valence-corrected chi connectivity index (χ0v) is 11.0. The molecule has 1 rings (SSSR count). The molecule has 0 unspecified atom stereocenters. The second-order valence-corrected chi connectivity index (χ2v) is 2.22. The maximum atomic E-state index is 8.41. The van der Waals surface area contributed by atoms with Gasteiger partial charge in [0.25, 0.3) is 5.09 Å². The Hall–Kier alpha value is -0.610. The fourth-order valence-electron chi connectivity index (χ4n) is 0.453. The molecule has 86 valence electrons. The largest absolute Gasteiger partial charge is 1.00 e. The quantitative estimate of drug-likeness (QED) is 0.204. The van der Waals surface area contributed by atoms with Crippen LogP contribution in [0.4, 0.5) is 5.69 Å². The van der Waals surface area contributed by atoms with Crippen molar-refractivity contribution in [3.63, 3.8) is 0 Å². The summed E-state index contributed by atoms with van der Waals surface area (Å²) in [5.74, 6) is 0. The van der Waals surface area contributed by atoms with Crippen molar-refractivity contribution in [2.45, 2.75) is 0 Å². The minimum absolute atomic E-state index is 0. The van der Waals surface area contributed by atoms with Gasteiger partial charge in [-0.15, -0.1) is 10.1 Å². The van der Waals surface area contributed by atoms with Crippen LogP contribution in [0.3, 0.4) is 0 Å². The van der Waals surface area contributed by atoms with Crippen LogP contribution in [0.5, 0.6) is 0 Å². The van der Waals surface area contributed by atoms with E-state index < -0.39 is 15.9 Å². The van der Waals surface area contributed by atoms with Gasteiger partial charge in [0, 0.05) is 5.69 Å². The molecule has 0 atom stereocenters. The molecular formula is C6H8ClN2NaO6. The Bertz CT molecular complexity index is 256. The van der Waals surface area contributed by atoms with E-state index >= 15 is 0 Å². The first-order chi connectivity index (χ1) is 6.86.